The molecule has 1 aromatic heterocycles. The van der Waals surface area contributed by atoms with E-state index in [1.165, 1.54) is 10.1 Å². The van der Waals surface area contributed by atoms with E-state index in [4.69, 9.17) is 5.21 Å². The minimum Gasteiger partial charge on any atom is -0.316 e. The summed E-state index contributed by atoms with van der Waals surface area (Å²) in [7, 11) is 0. The number of rotatable bonds is 2. The first kappa shape index (κ1) is 7.73. The average molecular weight is 179 g/mol. The van der Waals surface area contributed by atoms with Crippen molar-refractivity contribution >= 4 is 21.4 Å². The molecule has 0 amide bonds. The Balaban J connectivity index is 2.47. The smallest absolute Gasteiger partial charge is 0.0552 e. The fraction of sp³-hybridized carbons (Fsp3) is 0.111. The van der Waals surface area contributed by atoms with Gasteiger partial charge in [-0.05, 0) is 17.5 Å². The van der Waals surface area contributed by atoms with Crippen molar-refractivity contribution in [3.63, 3.8) is 0 Å². The topological polar surface area (TPSA) is 32.3 Å². The van der Waals surface area contributed by atoms with Gasteiger partial charge >= 0.3 is 0 Å². The molecule has 0 saturated carbocycles. The molecule has 2 aromatic rings. The van der Waals surface area contributed by atoms with Gasteiger partial charge in [0.2, 0.25) is 0 Å². The summed E-state index contributed by atoms with van der Waals surface area (Å²) in [4.78, 5) is 1.15. The van der Waals surface area contributed by atoms with Crippen LogP contribution in [0.3, 0.4) is 0 Å². The van der Waals surface area contributed by atoms with Crippen LogP contribution in [0.15, 0.2) is 30.3 Å². The Labute approximate surface area is 74.4 Å². The highest BCUT2D eigenvalue weighted by molar-refractivity contribution is 7.19. The molecule has 0 unspecified atom stereocenters. The van der Waals surface area contributed by atoms with Crippen molar-refractivity contribution in [3.8, 4) is 0 Å². The highest BCUT2D eigenvalue weighted by Gasteiger charge is 1.98. The zero-order valence-electron chi connectivity index (χ0n) is 6.45. The van der Waals surface area contributed by atoms with Gasteiger partial charge in [-0.15, -0.1) is 11.3 Å². The van der Waals surface area contributed by atoms with Crippen molar-refractivity contribution in [1.29, 1.82) is 0 Å². The Hall–Kier alpha value is -0.900. The molecule has 0 saturated heterocycles. The molecule has 0 atom stereocenters. The van der Waals surface area contributed by atoms with E-state index >= 15 is 0 Å². The molecule has 0 aliphatic heterocycles. The van der Waals surface area contributed by atoms with Gasteiger partial charge in [0.15, 0.2) is 0 Å². The molecule has 1 heterocycles. The van der Waals surface area contributed by atoms with Gasteiger partial charge in [0.1, 0.15) is 0 Å². The van der Waals surface area contributed by atoms with Crippen LogP contribution in [-0.4, -0.2) is 5.21 Å². The van der Waals surface area contributed by atoms with Crippen LogP contribution in [0.25, 0.3) is 10.1 Å². The summed E-state index contributed by atoms with van der Waals surface area (Å²) in [5.74, 6) is 0. The lowest BCUT2D eigenvalue weighted by molar-refractivity contribution is 0.162. The predicted molar refractivity (Wildman–Crippen MR) is 50.5 cm³/mol. The summed E-state index contributed by atoms with van der Waals surface area (Å²) in [6, 6.07) is 10.3. The van der Waals surface area contributed by atoms with E-state index in [2.05, 4.69) is 23.7 Å². The molecule has 2 nitrogen and oxygen atoms in total. The van der Waals surface area contributed by atoms with E-state index in [0.717, 1.165) is 4.88 Å². The van der Waals surface area contributed by atoms with Gasteiger partial charge < -0.3 is 5.21 Å². The lowest BCUT2D eigenvalue weighted by Crippen LogP contribution is -2.03. The SMILES string of the molecule is ONCc1cc2ccccc2s1. The molecule has 62 valence electrons. The summed E-state index contributed by atoms with van der Waals surface area (Å²) in [6.07, 6.45) is 0. The molecule has 0 aliphatic carbocycles. The molecular formula is C9H9NOS. The number of benzene rings is 1. The first-order valence-corrected chi connectivity index (χ1v) is 4.56. The van der Waals surface area contributed by atoms with E-state index < -0.39 is 0 Å². The third-order valence-electron chi connectivity index (χ3n) is 1.73. The van der Waals surface area contributed by atoms with Crippen LogP contribution in [0.2, 0.25) is 0 Å². The van der Waals surface area contributed by atoms with E-state index in [1.807, 2.05) is 12.1 Å². The van der Waals surface area contributed by atoms with Gasteiger partial charge in [0.05, 0.1) is 6.54 Å². The molecule has 0 aliphatic rings. The Morgan fingerprint density at radius 3 is 2.92 bits per heavy atom. The zero-order valence-corrected chi connectivity index (χ0v) is 7.27. The van der Waals surface area contributed by atoms with Crippen LogP contribution in [-0.2, 0) is 6.54 Å². The second kappa shape index (κ2) is 3.23. The maximum absolute atomic E-state index is 8.50. The second-order valence-electron chi connectivity index (χ2n) is 2.59. The van der Waals surface area contributed by atoms with Crippen molar-refractivity contribution in [2.75, 3.05) is 0 Å². The third kappa shape index (κ3) is 1.34. The second-order valence-corrected chi connectivity index (χ2v) is 3.75. The summed E-state index contributed by atoms with van der Waals surface area (Å²) in [5, 5.41) is 9.74. The van der Waals surface area contributed by atoms with E-state index in [1.54, 1.807) is 11.3 Å². The van der Waals surface area contributed by atoms with Gasteiger partial charge in [-0.2, -0.15) is 0 Å². The van der Waals surface area contributed by atoms with Gasteiger partial charge in [-0.25, -0.2) is 5.48 Å². The predicted octanol–water partition coefficient (Wildman–Crippen LogP) is 2.38. The van der Waals surface area contributed by atoms with Crippen LogP contribution in [0.1, 0.15) is 4.88 Å². The molecule has 0 bridgehead atoms. The van der Waals surface area contributed by atoms with E-state index in [9.17, 15) is 0 Å². The van der Waals surface area contributed by atoms with Crippen molar-refractivity contribution in [2.45, 2.75) is 6.54 Å². The quantitative estimate of drug-likeness (QED) is 0.694. The molecule has 2 N–H and O–H groups in total. The number of hydroxylamine groups is 1. The minimum absolute atomic E-state index is 0.527. The Kier molecular flexibility index (Phi) is 2.08. The number of fused-ring (bicyclic) bond motifs is 1. The van der Waals surface area contributed by atoms with Crippen molar-refractivity contribution in [3.05, 3.63) is 35.2 Å². The standard InChI is InChI=1S/C9H9NOS/c11-10-6-8-5-7-3-1-2-4-9(7)12-8/h1-5,10-11H,6H2. The van der Waals surface area contributed by atoms with Gasteiger partial charge in [0, 0.05) is 9.58 Å². The molecule has 0 spiro atoms. The van der Waals surface area contributed by atoms with Crippen LogP contribution < -0.4 is 5.48 Å². The van der Waals surface area contributed by atoms with Gasteiger partial charge in [0.25, 0.3) is 0 Å². The highest BCUT2D eigenvalue weighted by Crippen LogP contribution is 2.24. The largest absolute Gasteiger partial charge is 0.316 e. The summed E-state index contributed by atoms with van der Waals surface area (Å²) in [6.45, 7) is 0.527. The maximum atomic E-state index is 8.50. The lowest BCUT2D eigenvalue weighted by Gasteiger charge is -1.88. The summed E-state index contributed by atoms with van der Waals surface area (Å²) in [5.41, 5.74) is 2.16. The monoisotopic (exact) mass is 179 g/mol. The first-order chi connectivity index (χ1) is 5.90. The highest BCUT2D eigenvalue weighted by atomic mass is 32.1. The molecule has 3 heteroatoms. The first-order valence-electron chi connectivity index (χ1n) is 3.74. The van der Waals surface area contributed by atoms with Crippen molar-refractivity contribution in [2.24, 2.45) is 0 Å². The summed E-state index contributed by atoms with van der Waals surface area (Å²) >= 11 is 1.70. The minimum atomic E-state index is 0.527. The maximum Gasteiger partial charge on any atom is 0.0552 e. The number of thiophene rings is 1. The summed E-state index contributed by atoms with van der Waals surface area (Å²) < 4.78 is 1.27. The Morgan fingerprint density at radius 1 is 1.33 bits per heavy atom. The molecule has 12 heavy (non-hydrogen) atoms. The van der Waals surface area contributed by atoms with Crippen molar-refractivity contribution < 1.29 is 5.21 Å². The van der Waals surface area contributed by atoms with Crippen LogP contribution in [0.5, 0.6) is 0 Å². The normalized spacial score (nSPS) is 10.8. The number of nitrogens with one attached hydrogen (secondary N) is 1. The number of hydrogen-bond acceptors (Lipinski definition) is 3. The molecular weight excluding hydrogens is 170 g/mol. The number of hydrogen-bond donors (Lipinski definition) is 2. The molecule has 0 fully saturated rings. The van der Waals surface area contributed by atoms with Gasteiger partial charge in [-0.3, -0.25) is 0 Å². The lowest BCUT2D eigenvalue weighted by atomic mass is 10.2. The van der Waals surface area contributed by atoms with Gasteiger partial charge in [-0.1, -0.05) is 18.2 Å². The fourth-order valence-electron chi connectivity index (χ4n) is 1.20. The Bertz CT molecular complexity index is 350. The average Bonchev–Trinajstić information content (AvgIpc) is 2.47. The zero-order chi connectivity index (χ0) is 8.39. The molecule has 2 rings (SSSR count). The third-order valence-corrected chi connectivity index (χ3v) is 2.85. The van der Waals surface area contributed by atoms with Crippen LogP contribution in [0.4, 0.5) is 0 Å². The fourth-order valence-corrected chi connectivity index (χ4v) is 2.20. The molecule has 0 radical (unpaired) electrons. The molecule has 1 aromatic carbocycles. The van der Waals surface area contributed by atoms with E-state index in [-0.39, 0.29) is 0 Å². The van der Waals surface area contributed by atoms with Crippen LogP contribution in [0, 0.1) is 0 Å². The van der Waals surface area contributed by atoms with Crippen LogP contribution >= 0.6 is 11.3 Å². The van der Waals surface area contributed by atoms with E-state index in [0.29, 0.717) is 6.54 Å². The Morgan fingerprint density at radius 2 is 2.17 bits per heavy atom. The van der Waals surface area contributed by atoms with Crippen molar-refractivity contribution in [1.82, 2.24) is 5.48 Å².